The first kappa shape index (κ1) is 15.8. The highest BCUT2D eigenvalue weighted by atomic mass is 32.2. The Morgan fingerprint density at radius 2 is 1.81 bits per heavy atom. The minimum atomic E-state index is -3.83. The molecule has 1 fully saturated rings. The number of piperazine rings is 1. The molecule has 0 bridgehead atoms. The van der Waals surface area contributed by atoms with E-state index < -0.39 is 15.6 Å². The summed E-state index contributed by atoms with van der Waals surface area (Å²) < 4.78 is 27.0. The molecule has 1 saturated heterocycles. The topological polar surface area (TPSA) is 92.5 Å². The van der Waals surface area contributed by atoms with Crippen molar-refractivity contribution in [2.75, 3.05) is 18.8 Å². The van der Waals surface area contributed by atoms with Crippen molar-refractivity contribution in [2.45, 2.75) is 38.1 Å². The number of rotatable bonds is 2. The molecule has 1 aliphatic rings. The molecule has 1 heterocycles. The van der Waals surface area contributed by atoms with Gasteiger partial charge in [0.25, 0.3) is 0 Å². The van der Waals surface area contributed by atoms with Crippen LogP contribution in [0.2, 0.25) is 0 Å². The van der Waals surface area contributed by atoms with Gasteiger partial charge >= 0.3 is 0 Å². The summed E-state index contributed by atoms with van der Waals surface area (Å²) in [7, 11) is -3.83. The number of benzene rings is 1. The summed E-state index contributed by atoms with van der Waals surface area (Å²) in [4.78, 5) is 12.0. The summed E-state index contributed by atoms with van der Waals surface area (Å²) in [6.07, 6.45) is 0. The molecule has 0 aliphatic carbocycles. The maximum Gasteiger partial charge on any atom is 0.246 e. The number of nitrogens with zero attached hydrogens (tertiary/aromatic N) is 1. The van der Waals surface area contributed by atoms with Crippen LogP contribution in [0.25, 0.3) is 0 Å². The fraction of sp³-hybridized carbons (Fsp3) is 0.500. The Kier molecular flexibility index (Phi) is 3.75. The van der Waals surface area contributed by atoms with Crippen LogP contribution in [0, 0.1) is 13.8 Å². The molecule has 0 unspecified atom stereocenters. The summed E-state index contributed by atoms with van der Waals surface area (Å²) in [5.74, 6) is -0.306. The van der Waals surface area contributed by atoms with Crippen molar-refractivity contribution in [2.24, 2.45) is 0 Å². The van der Waals surface area contributed by atoms with Gasteiger partial charge in [0, 0.05) is 13.1 Å². The van der Waals surface area contributed by atoms with Gasteiger partial charge in [0.05, 0.1) is 5.69 Å². The number of nitrogens with one attached hydrogen (secondary N) is 1. The average molecular weight is 311 g/mol. The van der Waals surface area contributed by atoms with E-state index in [4.69, 9.17) is 5.73 Å². The van der Waals surface area contributed by atoms with E-state index in [1.165, 1.54) is 4.31 Å². The van der Waals surface area contributed by atoms with E-state index in [1.807, 2.05) is 13.8 Å². The van der Waals surface area contributed by atoms with Gasteiger partial charge in [0.15, 0.2) is 0 Å². The van der Waals surface area contributed by atoms with E-state index in [9.17, 15) is 13.2 Å². The maximum atomic E-state index is 12.9. The van der Waals surface area contributed by atoms with Crippen LogP contribution < -0.4 is 11.1 Å². The molecule has 7 heteroatoms. The number of carbonyl (C=O) groups is 1. The molecule has 0 saturated carbocycles. The van der Waals surface area contributed by atoms with Gasteiger partial charge in [-0.1, -0.05) is 0 Å². The van der Waals surface area contributed by atoms with Crippen molar-refractivity contribution >= 4 is 21.6 Å². The molecule has 1 aromatic carbocycles. The summed E-state index contributed by atoms with van der Waals surface area (Å²) in [5.41, 5.74) is 6.75. The van der Waals surface area contributed by atoms with Gasteiger partial charge < -0.3 is 11.1 Å². The molecule has 0 spiro atoms. The normalized spacial score (nSPS) is 19.3. The van der Waals surface area contributed by atoms with Crippen molar-refractivity contribution in [3.63, 3.8) is 0 Å². The summed E-state index contributed by atoms with van der Waals surface area (Å²) in [5, 5.41) is 2.68. The number of hydrogen-bond acceptors (Lipinski definition) is 4. The first-order chi connectivity index (χ1) is 9.58. The minimum absolute atomic E-state index is 0.0633. The van der Waals surface area contributed by atoms with E-state index in [1.54, 1.807) is 26.0 Å². The van der Waals surface area contributed by atoms with Crippen molar-refractivity contribution < 1.29 is 13.2 Å². The Morgan fingerprint density at radius 3 is 2.43 bits per heavy atom. The van der Waals surface area contributed by atoms with Crippen LogP contribution in [-0.2, 0) is 14.8 Å². The van der Waals surface area contributed by atoms with Crippen molar-refractivity contribution in [1.29, 1.82) is 0 Å². The lowest BCUT2D eigenvalue weighted by Gasteiger charge is -2.40. The molecule has 1 amide bonds. The second kappa shape index (κ2) is 4.99. The van der Waals surface area contributed by atoms with Crippen LogP contribution in [-0.4, -0.2) is 37.3 Å². The molecule has 21 heavy (non-hydrogen) atoms. The smallest absolute Gasteiger partial charge is 0.246 e. The van der Waals surface area contributed by atoms with Crippen LogP contribution in [0.1, 0.15) is 25.0 Å². The fourth-order valence-corrected chi connectivity index (χ4v) is 4.39. The van der Waals surface area contributed by atoms with Gasteiger partial charge in [-0.3, -0.25) is 4.79 Å². The Labute approximate surface area is 125 Å². The van der Waals surface area contributed by atoms with E-state index in [0.29, 0.717) is 6.54 Å². The predicted octanol–water partition coefficient (Wildman–Crippen LogP) is 0.785. The fourth-order valence-electron chi connectivity index (χ4n) is 2.45. The number of anilines is 1. The highest BCUT2D eigenvalue weighted by Gasteiger charge is 2.45. The molecule has 1 aliphatic heterocycles. The molecule has 6 nitrogen and oxygen atoms in total. The van der Waals surface area contributed by atoms with Crippen LogP contribution >= 0.6 is 0 Å². The highest BCUT2D eigenvalue weighted by Crippen LogP contribution is 2.31. The average Bonchev–Trinajstić information content (AvgIpc) is 2.36. The van der Waals surface area contributed by atoms with Gasteiger partial charge in [-0.15, -0.1) is 0 Å². The van der Waals surface area contributed by atoms with Gasteiger partial charge in [-0.25, -0.2) is 8.42 Å². The predicted molar refractivity (Wildman–Crippen MR) is 81.3 cm³/mol. The highest BCUT2D eigenvalue weighted by molar-refractivity contribution is 7.89. The molecule has 0 aromatic heterocycles. The standard InChI is InChI=1S/C14H21N3O3S/c1-9-7-11(15)12(8-10(9)2)21(19,20)17-6-5-16-13(18)14(17,3)4/h7-8H,5-6,15H2,1-4H3,(H,16,18). The lowest BCUT2D eigenvalue weighted by Crippen LogP contribution is -2.63. The minimum Gasteiger partial charge on any atom is -0.398 e. The second-order valence-electron chi connectivity index (χ2n) is 5.87. The Morgan fingerprint density at radius 1 is 1.24 bits per heavy atom. The Balaban J connectivity index is 2.57. The number of amides is 1. The van der Waals surface area contributed by atoms with E-state index in [-0.39, 0.29) is 23.0 Å². The summed E-state index contributed by atoms with van der Waals surface area (Å²) in [6, 6.07) is 3.22. The number of nitrogens with two attached hydrogens (primary N) is 1. The van der Waals surface area contributed by atoms with Crippen molar-refractivity contribution in [1.82, 2.24) is 9.62 Å². The number of sulfonamides is 1. The van der Waals surface area contributed by atoms with Gasteiger partial charge in [0.2, 0.25) is 15.9 Å². The Bertz CT molecular complexity index is 696. The van der Waals surface area contributed by atoms with Crippen LogP contribution in [0.3, 0.4) is 0 Å². The van der Waals surface area contributed by atoms with E-state index in [2.05, 4.69) is 5.32 Å². The second-order valence-corrected chi connectivity index (χ2v) is 7.70. The van der Waals surface area contributed by atoms with Gasteiger partial charge in [0.1, 0.15) is 10.4 Å². The third-order valence-electron chi connectivity index (χ3n) is 3.97. The molecule has 0 radical (unpaired) electrons. The van der Waals surface area contributed by atoms with Crippen LogP contribution in [0.15, 0.2) is 17.0 Å². The van der Waals surface area contributed by atoms with E-state index in [0.717, 1.165) is 11.1 Å². The lowest BCUT2D eigenvalue weighted by molar-refractivity contribution is -0.131. The summed E-state index contributed by atoms with van der Waals surface area (Å²) >= 11 is 0. The first-order valence-corrected chi connectivity index (χ1v) is 8.20. The third-order valence-corrected chi connectivity index (χ3v) is 6.10. The molecule has 0 atom stereocenters. The summed E-state index contributed by atoms with van der Waals surface area (Å²) in [6.45, 7) is 7.43. The van der Waals surface area contributed by atoms with Crippen LogP contribution in [0.4, 0.5) is 5.69 Å². The quantitative estimate of drug-likeness (QED) is 0.790. The first-order valence-electron chi connectivity index (χ1n) is 6.76. The molecular formula is C14H21N3O3S. The zero-order chi connectivity index (χ0) is 16.0. The van der Waals surface area contributed by atoms with Gasteiger partial charge in [-0.2, -0.15) is 4.31 Å². The monoisotopic (exact) mass is 311 g/mol. The van der Waals surface area contributed by atoms with Crippen molar-refractivity contribution in [3.05, 3.63) is 23.3 Å². The zero-order valence-corrected chi connectivity index (χ0v) is 13.5. The zero-order valence-electron chi connectivity index (χ0n) is 12.7. The maximum absolute atomic E-state index is 12.9. The molecule has 3 N–H and O–H groups in total. The number of hydrogen-bond donors (Lipinski definition) is 2. The Hall–Kier alpha value is -1.60. The molecule has 1 aromatic rings. The van der Waals surface area contributed by atoms with Crippen LogP contribution in [0.5, 0.6) is 0 Å². The number of nitrogen functional groups attached to an aromatic ring is 1. The third kappa shape index (κ3) is 2.51. The molecular weight excluding hydrogens is 290 g/mol. The number of carbonyl (C=O) groups excluding carboxylic acids is 1. The molecule has 2 rings (SSSR count). The van der Waals surface area contributed by atoms with Gasteiger partial charge in [-0.05, 0) is 51.0 Å². The van der Waals surface area contributed by atoms with E-state index >= 15 is 0 Å². The lowest BCUT2D eigenvalue weighted by atomic mass is 10.0. The SMILES string of the molecule is Cc1cc(N)c(S(=O)(=O)N2CCNC(=O)C2(C)C)cc1C. The largest absolute Gasteiger partial charge is 0.398 e. The van der Waals surface area contributed by atoms with Crippen molar-refractivity contribution in [3.8, 4) is 0 Å². The number of aryl methyl sites for hydroxylation is 2. The molecule has 116 valence electrons.